The van der Waals surface area contributed by atoms with Crippen LogP contribution < -0.4 is 4.52 Å². The molecule has 0 fully saturated rings. The van der Waals surface area contributed by atoms with Crippen LogP contribution in [-0.2, 0) is 17.4 Å². The highest BCUT2D eigenvalue weighted by Gasteiger charge is 2.23. The zero-order chi connectivity index (χ0) is 29.3. The fourth-order valence-electron chi connectivity index (χ4n) is 5.77. The van der Waals surface area contributed by atoms with E-state index in [9.17, 15) is 14.4 Å². The summed E-state index contributed by atoms with van der Waals surface area (Å²) in [4.78, 5) is 19.6. The normalized spacial score (nSPS) is 11.6. The summed E-state index contributed by atoms with van der Waals surface area (Å²) in [5, 5.41) is 0. The average molecular weight is 579 g/mol. The van der Waals surface area contributed by atoms with Crippen LogP contribution in [0, 0.1) is 0 Å². The number of phosphoric ester groups is 1. The number of rotatable bonds is 20. The van der Waals surface area contributed by atoms with Crippen molar-refractivity contribution in [1.82, 2.24) is 0 Å². The van der Waals surface area contributed by atoms with Crippen LogP contribution >= 0.6 is 7.82 Å². The van der Waals surface area contributed by atoms with E-state index < -0.39 is 7.82 Å². The van der Waals surface area contributed by atoms with Crippen molar-refractivity contribution in [2.24, 2.45) is 0 Å². The molecule has 5 heteroatoms. The van der Waals surface area contributed by atoms with Crippen molar-refractivity contribution in [2.75, 3.05) is 0 Å². The number of hydrogen-bond donors (Lipinski definition) is 2. The number of hydrogen-bond acceptors (Lipinski definition) is 2. The third-order valence-corrected chi connectivity index (χ3v) is 8.37. The predicted octanol–water partition coefficient (Wildman–Crippen LogP) is 11.1. The lowest BCUT2D eigenvalue weighted by atomic mass is 9.87. The van der Waals surface area contributed by atoms with Crippen LogP contribution in [0.3, 0.4) is 0 Å². The molecule has 0 atom stereocenters. The van der Waals surface area contributed by atoms with Crippen molar-refractivity contribution < 1.29 is 18.9 Å². The van der Waals surface area contributed by atoms with Gasteiger partial charge in [0.25, 0.3) is 0 Å². The molecule has 0 aliphatic rings. The Balaban J connectivity index is 1.90. The predicted molar refractivity (Wildman–Crippen MR) is 173 cm³/mol. The Bertz CT molecular complexity index is 1220. The first-order chi connectivity index (χ1) is 19.9. The van der Waals surface area contributed by atoms with Gasteiger partial charge in [0.05, 0.1) is 0 Å². The molecule has 3 rings (SSSR count). The molecule has 3 aromatic rings. The van der Waals surface area contributed by atoms with Gasteiger partial charge in [0.1, 0.15) is 5.75 Å². The summed E-state index contributed by atoms with van der Waals surface area (Å²) in [7, 11) is -4.75. The fraction of sp³-hybridized carbons (Fsp3) is 0.500. The standard InChI is InChI=1S/C36H51O4P/c1-3-5-7-9-11-13-15-22-30-24-17-19-26-32(30)34-28-21-29-35(40-41(37,38)39)36(34)33-27-20-18-25-31(33)23-16-14-12-10-8-6-4-2/h17-21,24-29H,3-16,22-23H2,1-2H3,(H2,37,38,39). The summed E-state index contributed by atoms with van der Waals surface area (Å²) in [6, 6.07) is 22.3. The highest BCUT2D eigenvalue weighted by Crippen LogP contribution is 2.47. The van der Waals surface area contributed by atoms with E-state index in [0.29, 0.717) is 0 Å². The van der Waals surface area contributed by atoms with Gasteiger partial charge in [-0.05, 0) is 59.6 Å². The highest BCUT2D eigenvalue weighted by molar-refractivity contribution is 7.46. The summed E-state index contributed by atoms with van der Waals surface area (Å²) >= 11 is 0. The number of aryl methyl sites for hydroxylation is 2. The van der Waals surface area contributed by atoms with E-state index in [2.05, 4.69) is 56.3 Å². The van der Waals surface area contributed by atoms with Crippen molar-refractivity contribution in [3.63, 3.8) is 0 Å². The Labute approximate surface area is 248 Å². The van der Waals surface area contributed by atoms with E-state index in [0.717, 1.165) is 47.9 Å². The molecule has 0 aromatic heterocycles. The largest absolute Gasteiger partial charge is 0.524 e. The minimum atomic E-state index is -4.75. The molecule has 0 saturated heterocycles. The Hall–Kier alpha value is -2.39. The van der Waals surface area contributed by atoms with Gasteiger partial charge in [0.15, 0.2) is 0 Å². The van der Waals surface area contributed by atoms with E-state index in [4.69, 9.17) is 4.52 Å². The fourth-order valence-corrected chi connectivity index (χ4v) is 6.17. The average Bonchev–Trinajstić information content (AvgIpc) is 2.96. The lowest BCUT2D eigenvalue weighted by molar-refractivity contribution is 0.283. The molecule has 0 spiro atoms. The second-order valence-corrected chi connectivity index (χ2v) is 12.5. The van der Waals surface area contributed by atoms with Crippen LogP contribution in [0.5, 0.6) is 5.75 Å². The molecule has 0 aliphatic carbocycles. The maximum atomic E-state index is 12.0. The molecule has 4 nitrogen and oxygen atoms in total. The van der Waals surface area contributed by atoms with E-state index in [1.54, 1.807) is 6.07 Å². The molecule has 0 aliphatic heterocycles. The van der Waals surface area contributed by atoms with Crippen molar-refractivity contribution in [1.29, 1.82) is 0 Å². The SMILES string of the molecule is CCCCCCCCCc1ccccc1-c1cccc(OP(=O)(O)O)c1-c1ccccc1CCCCCCCCC. The van der Waals surface area contributed by atoms with Gasteiger partial charge in [-0.15, -0.1) is 0 Å². The van der Waals surface area contributed by atoms with Crippen LogP contribution in [0.1, 0.15) is 115 Å². The van der Waals surface area contributed by atoms with Gasteiger partial charge in [-0.1, -0.05) is 152 Å². The maximum Gasteiger partial charge on any atom is 0.524 e. The monoisotopic (exact) mass is 578 g/mol. The topological polar surface area (TPSA) is 66.8 Å². The molecule has 0 heterocycles. The van der Waals surface area contributed by atoms with Gasteiger partial charge in [-0.25, -0.2) is 4.57 Å². The van der Waals surface area contributed by atoms with Gasteiger partial charge in [-0.2, -0.15) is 0 Å². The van der Waals surface area contributed by atoms with Gasteiger partial charge in [0.2, 0.25) is 0 Å². The van der Waals surface area contributed by atoms with Crippen molar-refractivity contribution in [3.8, 4) is 28.0 Å². The zero-order valence-corrected chi connectivity index (χ0v) is 26.2. The van der Waals surface area contributed by atoms with Crippen LogP contribution in [0.15, 0.2) is 66.7 Å². The first-order valence-electron chi connectivity index (χ1n) is 16.0. The second kappa shape index (κ2) is 18.2. The molecule has 0 bridgehead atoms. The molecular formula is C36H51O4P. The van der Waals surface area contributed by atoms with Gasteiger partial charge >= 0.3 is 7.82 Å². The zero-order valence-electron chi connectivity index (χ0n) is 25.3. The minimum absolute atomic E-state index is 0.230. The summed E-state index contributed by atoms with van der Waals surface area (Å²) < 4.78 is 17.4. The molecule has 41 heavy (non-hydrogen) atoms. The molecule has 0 amide bonds. The summed E-state index contributed by atoms with van der Waals surface area (Å²) in [6.45, 7) is 4.49. The molecular weight excluding hydrogens is 527 g/mol. The Morgan fingerprint density at radius 3 is 1.51 bits per heavy atom. The van der Waals surface area contributed by atoms with Crippen LogP contribution in [-0.4, -0.2) is 9.79 Å². The van der Waals surface area contributed by atoms with Gasteiger partial charge in [0, 0.05) is 5.56 Å². The molecule has 0 radical (unpaired) electrons. The third-order valence-electron chi connectivity index (χ3n) is 7.94. The maximum absolute atomic E-state index is 12.0. The highest BCUT2D eigenvalue weighted by atomic mass is 31.2. The van der Waals surface area contributed by atoms with Gasteiger partial charge in [-0.3, -0.25) is 9.79 Å². The first kappa shape index (κ1) is 33.1. The number of unbranched alkanes of at least 4 members (excludes halogenated alkanes) is 12. The van der Waals surface area contributed by atoms with Crippen molar-refractivity contribution in [3.05, 3.63) is 77.9 Å². The van der Waals surface area contributed by atoms with E-state index in [1.807, 2.05) is 18.2 Å². The van der Waals surface area contributed by atoms with Crippen molar-refractivity contribution >= 4 is 7.82 Å². The molecule has 0 saturated carbocycles. The summed E-state index contributed by atoms with van der Waals surface area (Å²) in [5.74, 6) is 0.230. The van der Waals surface area contributed by atoms with Crippen LogP contribution in [0.2, 0.25) is 0 Å². The van der Waals surface area contributed by atoms with Gasteiger partial charge < -0.3 is 4.52 Å². The van der Waals surface area contributed by atoms with Crippen LogP contribution in [0.25, 0.3) is 22.3 Å². The van der Waals surface area contributed by atoms with Crippen LogP contribution in [0.4, 0.5) is 0 Å². The minimum Gasteiger partial charge on any atom is -0.404 e. The number of benzene rings is 3. The quantitative estimate of drug-likeness (QED) is 0.103. The molecule has 2 N–H and O–H groups in total. The van der Waals surface area contributed by atoms with E-state index in [-0.39, 0.29) is 5.75 Å². The summed E-state index contributed by atoms with van der Waals surface area (Å²) in [5.41, 5.74) is 6.27. The van der Waals surface area contributed by atoms with Crippen molar-refractivity contribution in [2.45, 2.75) is 117 Å². The Morgan fingerprint density at radius 2 is 0.976 bits per heavy atom. The smallest absolute Gasteiger partial charge is 0.404 e. The first-order valence-corrected chi connectivity index (χ1v) is 17.5. The van der Waals surface area contributed by atoms with E-state index in [1.165, 1.54) is 88.2 Å². The molecule has 0 unspecified atom stereocenters. The summed E-state index contributed by atoms with van der Waals surface area (Å²) in [6.07, 6.45) is 19.4. The molecule has 3 aromatic carbocycles. The Morgan fingerprint density at radius 1 is 0.537 bits per heavy atom. The Kier molecular flexibility index (Phi) is 14.7. The molecule has 224 valence electrons. The lowest BCUT2D eigenvalue weighted by Gasteiger charge is -2.20. The number of phosphoric acid groups is 1. The second-order valence-electron chi connectivity index (χ2n) is 11.3. The lowest BCUT2D eigenvalue weighted by Crippen LogP contribution is -1.99. The third kappa shape index (κ3) is 11.4. The van der Waals surface area contributed by atoms with E-state index >= 15 is 0 Å².